The third-order valence-electron chi connectivity index (χ3n) is 3.99. The molecule has 4 unspecified atom stereocenters. The highest BCUT2D eigenvalue weighted by molar-refractivity contribution is 6.16. The van der Waals surface area contributed by atoms with E-state index in [2.05, 4.69) is 34.6 Å². The van der Waals surface area contributed by atoms with E-state index in [-0.39, 0.29) is 5.31 Å². The van der Waals surface area contributed by atoms with Gasteiger partial charge in [0.15, 0.2) is 0 Å². The minimum absolute atomic E-state index is 0.0921. The summed E-state index contributed by atoms with van der Waals surface area (Å²) >= 11 is 0. The van der Waals surface area contributed by atoms with Crippen LogP contribution in [-0.4, -0.2) is 7.85 Å². The molecule has 0 aromatic rings. The molecular formula is C11H21B. The molecule has 1 fully saturated rings. The van der Waals surface area contributed by atoms with Crippen molar-refractivity contribution in [2.45, 2.75) is 46.4 Å². The zero-order valence-electron chi connectivity index (χ0n) is 9.09. The van der Waals surface area contributed by atoms with Crippen molar-refractivity contribution in [1.82, 2.24) is 0 Å². The van der Waals surface area contributed by atoms with Gasteiger partial charge in [0, 0.05) is 0 Å². The Morgan fingerprint density at radius 3 is 2.17 bits per heavy atom. The summed E-state index contributed by atoms with van der Waals surface area (Å²) in [6.07, 6.45) is 1.29. The van der Waals surface area contributed by atoms with Gasteiger partial charge in [-0.25, -0.2) is 0 Å². The van der Waals surface area contributed by atoms with E-state index in [1.807, 2.05) is 0 Å². The zero-order valence-corrected chi connectivity index (χ0v) is 9.09. The van der Waals surface area contributed by atoms with Crippen LogP contribution in [0.15, 0.2) is 0 Å². The summed E-state index contributed by atoms with van der Waals surface area (Å²) in [6, 6.07) is 0. The fourth-order valence-corrected chi connectivity index (χ4v) is 3.24. The van der Waals surface area contributed by atoms with Crippen LogP contribution in [0.25, 0.3) is 0 Å². The first-order valence-electron chi connectivity index (χ1n) is 5.21. The van der Waals surface area contributed by atoms with Gasteiger partial charge in [0.1, 0.15) is 0 Å². The average molecular weight is 164 g/mol. The Hall–Kier alpha value is 0.0649. The number of rotatable bonds is 2. The van der Waals surface area contributed by atoms with E-state index >= 15 is 0 Å². The SMILES string of the molecule is [B]C1(C)C(C)C(CC)C1C(C)C. The van der Waals surface area contributed by atoms with Gasteiger partial charge < -0.3 is 0 Å². The third kappa shape index (κ3) is 1.22. The molecule has 0 bridgehead atoms. The first-order chi connectivity index (χ1) is 5.42. The van der Waals surface area contributed by atoms with Crippen LogP contribution in [0.3, 0.4) is 0 Å². The van der Waals surface area contributed by atoms with Crippen LogP contribution in [0, 0.1) is 23.7 Å². The molecule has 68 valence electrons. The molecule has 0 N–H and O–H groups in total. The molecular weight excluding hydrogens is 143 g/mol. The van der Waals surface area contributed by atoms with Crippen molar-refractivity contribution in [3.8, 4) is 0 Å². The number of hydrogen-bond donors (Lipinski definition) is 0. The van der Waals surface area contributed by atoms with Crippen molar-refractivity contribution in [2.24, 2.45) is 23.7 Å². The fourth-order valence-electron chi connectivity index (χ4n) is 3.24. The molecule has 0 spiro atoms. The van der Waals surface area contributed by atoms with Gasteiger partial charge in [-0.15, -0.1) is 0 Å². The summed E-state index contributed by atoms with van der Waals surface area (Å²) in [4.78, 5) is 0. The quantitative estimate of drug-likeness (QED) is 0.549. The lowest BCUT2D eigenvalue weighted by Crippen LogP contribution is -2.51. The van der Waals surface area contributed by atoms with Crippen LogP contribution in [0.2, 0.25) is 5.31 Å². The van der Waals surface area contributed by atoms with Gasteiger partial charge in [-0.1, -0.05) is 46.4 Å². The lowest BCUT2D eigenvalue weighted by molar-refractivity contribution is -0.0159. The van der Waals surface area contributed by atoms with Crippen LogP contribution in [0.5, 0.6) is 0 Å². The summed E-state index contributed by atoms with van der Waals surface area (Å²) in [5.41, 5.74) is 0. The van der Waals surface area contributed by atoms with E-state index in [1.54, 1.807) is 0 Å². The van der Waals surface area contributed by atoms with Crippen molar-refractivity contribution >= 4 is 7.85 Å². The first-order valence-corrected chi connectivity index (χ1v) is 5.21. The van der Waals surface area contributed by atoms with Crippen LogP contribution in [0.4, 0.5) is 0 Å². The molecule has 1 aliphatic carbocycles. The molecule has 0 saturated heterocycles. The van der Waals surface area contributed by atoms with E-state index in [9.17, 15) is 0 Å². The topological polar surface area (TPSA) is 0 Å². The maximum Gasteiger partial charge on any atom is 0.0750 e. The standard InChI is InChI=1S/C11H21B/c1-6-9-8(4)11(5,12)10(9)7(2)3/h7-10H,6H2,1-5H3. The monoisotopic (exact) mass is 164 g/mol. The highest BCUT2D eigenvalue weighted by Gasteiger charge is 2.52. The second-order valence-electron chi connectivity index (χ2n) is 5.00. The molecule has 1 heteroatoms. The van der Waals surface area contributed by atoms with Crippen LogP contribution in [0.1, 0.15) is 41.0 Å². The molecule has 0 aliphatic heterocycles. The molecule has 2 radical (unpaired) electrons. The van der Waals surface area contributed by atoms with Gasteiger partial charge in [-0.3, -0.25) is 0 Å². The second-order valence-corrected chi connectivity index (χ2v) is 5.00. The summed E-state index contributed by atoms with van der Waals surface area (Å²) in [6.45, 7) is 11.4. The van der Waals surface area contributed by atoms with Gasteiger partial charge in [-0.05, 0) is 23.7 Å². The molecule has 0 aromatic carbocycles. The lowest BCUT2D eigenvalue weighted by Gasteiger charge is -2.60. The molecule has 1 aliphatic rings. The number of hydrogen-bond acceptors (Lipinski definition) is 0. The van der Waals surface area contributed by atoms with Crippen molar-refractivity contribution in [2.75, 3.05) is 0 Å². The van der Waals surface area contributed by atoms with Crippen LogP contribution >= 0.6 is 0 Å². The van der Waals surface area contributed by atoms with E-state index in [0.29, 0.717) is 5.92 Å². The van der Waals surface area contributed by atoms with Gasteiger partial charge in [0.2, 0.25) is 0 Å². The van der Waals surface area contributed by atoms with Gasteiger partial charge >= 0.3 is 0 Å². The fraction of sp³-hybridized carbons (Fsp3) is 1.00. The molecule has 0 nitrogen and oxygen atoms in total. The van der Waals surface area contributed by atoms with Crippen LogP contribution in [-0.2, 0) is 0 Å². The molecule has 4 atom stereocenters. The molecule has 0 heterocycles. The highest BCUT2D eigenvalue weighted by atomic mass is 14.5. The van der Waals surface area contributed by atoms with Crippen molar-refractivity contribution < 1.29 is 0 Å². The summed E-state index contributed by atoms with van der Waals surface area (Å²) in [5, 5.41) is 0.0921. The second kappa shape index (κ2) is 3.08. The molecule has 0 amide bonds. The van der Waals surface area contributed by atoms with E-state index < -0.39 is 0 Å². The summed E-state index contributed by atoms with van der Waals surface area (Å²) in [5.74, 6) is 3.04. The Morgan fingerprint density at radius 1 is 1.42 bits per heavy atom. The summed E-state index contributed by atoms with van der Waals surface area (Å²) < 4.78 is 0. The summed E-state index contributed by atoms with van der Waals surface area (Å²) in [7, 11) is 6.28. The maximum absolute atomic E-state index is 6.28. The van der Waals surface area contributed by atoms with Crippen LogP contribution < -0.4 is 0 Å². The van der Waals surface area contributed by atoms with Gasteiger partial charge in [0.25, 0.3) is 0 Å². The Morgan fingerprint density at radius 2 is 1.92 bits per heavy atom. The van der Waals surface area contributed by atoms with E-state index in [0.717, 1.165) is 17.8 Å². The van der Waals surface area contributed by atoms with Gasteiger partial charge in [0.05, 0.1) is 7.85 Å². The third-order valence-corrected chi connectivity index (χ3v) is 3.99. The predicted octanol–water partition coefficient (Wildman–Crippen LogP) is 3.28. The zero-order chi connectivity index (χ0) is 9.52. The van der Waals surface area contributed by atoms with E-state index in [1.165, 1.54) is 6.42 Å². The molecule has 1 rings (SSSR count). The lowest BCUT2D eigenvalue weighted by atomic mass is 9.37. The largest absolute Gasteiger partial charge is 0.0750 e. The van der Waals surface area contributed by atoms with Crippen molar-refractivity contribution in [3.05, 3.63) is 0 Å². The highest BCUT2D eigenvalue weighted by Crippen LogP contribution is 2.62. The van der Waals surface area contributed by atoms with E-state index in [4.69, 9.17) is 7.85 Å². The Labute approximate surface area is 78.5 Å². The van der Waals surface area contributed by atoms with Crippen molar-refractivity contribution in [1.29, 1.82) is 0 Å². The minimum Gasteiger partial charge on any atom is -0.0671 e. The molecule has 0 aromatic heterocycles. The Balaban J connectivity index is 2.71. The maximum atomic E-state index is 6.28. The normalized spacial score (nSPS) is 47.7. The molecule has 12 heavy (non-hydrogen) atoms. The van der Waals surface area contributed by atoms with Gasteiger partial charge in [-0.2, -0.15) is 0 Å². The first kappa shape index (κ1) is 10.1. The smallest absolute Gasteiger partial charge is 0.0671 e. The Bertz CT molecular complexity index is 160. The van der Waals surface area contributed by atoms with Crippen molar-refractivity contribution in [3.63, 3.8) is 0 Å². The minimum atomic E-state index is 0.0921. The average Bonchev–Trinajstić information content (AvgIpc) is 1.97. The molecule has 1 saturated carbocycles. The Kier molecular flexibility index (Phi) is 2.61. The predicted molar refractivity (Wildman–Crippen MR) is 55.4 cm³/mol.